The van der Waals surface area contributed by atoms with Gasteiger partial charge in [0.1, 0.15) is 24.4 Å². The highest BCUT2D eigenvalue weighted by Crippen LogP contribution is 2.19. The summed E-state index contributed by atoms with van der Waals surface area (Å²) in [5.74, 6) is -2.05. The lowest BCUT2D eigenvalue weighted by Crippen LogP contribution is -2.54. The zero-order valence-electron chi connectivity index (χ0n) is 20.6. The molecule has 5 amide bonds. The van der Waals surface area contributed by atoms with E-state index in [2.05, 4.69) is 10.6 Å². The summed E-state index contributed by atoms with van der Waals surface area (Å²) in [4.78, 5) is 68.4. The molecule has 1 saturated heterocycles. The first-order chi connectivity index (χ1) is 17.2. The molecule has 1 fully saturated rings. The summed E-state index contributed by atoms with van der Waals surface area (Å²) >= 11 is 0. The van der Waals surface area contributed by atoms with Crippen LogP contribution in [0.3, 0.4) is 0 Å². The number of hydrogen-bond donors (Lipinski definition) is 3. The molecule has 0 unspecified atom stereocenters. The average molecular weight is 504 g/mol. The number of nitrogens with one attached hydrogen (secondary N) is 2. The predicted octanol–water partition coefficient (Wildman–Crippen LogP) is -1.42. The molecule has 0 aliphatic carbocycles. The van der Waals surface area contributed by atoms with Crippen LogP contribution >= 0.6 is 0 Å². The number of aliphatic hydroxyl groups excluding tert-OH is 1. The Balaban J connectivity index is 1.88. The molecule has 3 N–H and O–H groups in total. The molecule has 1 aromatic rings. The first-order valence-corrected chi connectivity index (χ1v) is 11.9. The standard InChI is InChI=1S/C24H33N5O7/c1-16(31)28-8-5-9-29(11-10-28)24(35)18-14-21(32)25-19(15-30)23(34)27(2)12-13-36-20-7-4-3-6-17(20)22(33)26-18/h3-4,6-7,18-19,30H,5,8-15H2,1-2H3,(H,25,32)(H,26,33)/t18-,19-/m0/s1. The van der Waals surface area contributed by atoms with E-state index >= 15 is 0 Å². The number of likely N-dealkylation sites (N-methyl/N-ethyl adjacent to an activating group) is 1. The van der Waals surface area contributed by atoms with Gasteiger partial charge in [-0.05, 0) is 18.6 Å². The highest BCUT2D eigenvalue weighted by Gasteiger charge is 2.32. The summed E-state index contributed by atoms with van der Waals surface area (Å²) in [5, 5.41) is 14.8. The summed E-state index contributed by atoms with van der Waals surface area (Å²) in [5.41, 5.74) is 0.189. The van der Waals surface area contributed by atoms with Gasteiger partial charge < -0.3 is 35.2 Å². The van der Waals surface area contributed by atoms with Gasteiger partial charge >= 0.3 is 0 Å². The van der Waals surface area contributed by atoms with E-state index in [0.717, 1.165) is 0 Å². The lowest BCUT2D eigenvalue weighted by atomic mass is 10.1. The third kappa shape index (κ3) is 6.72. The summed E-state index contributed by atoms with van der Waals surface area (Å²) < 4.78 is 5.74. The Morgan fingerprint density at radius 3 is 2.44 bits per heavy atom. The third-order valence-electron chi connectivity index (χ3n) is 6.25. The van der Waals surface area contributed by atoms with E-state index in [1.54, 1.807) is 29.2 Å². The molecule has 2 heterocycles. The van der Waals surface area contributed by atoms with Crippen LogP contribution in [0, 0.1) is 0 Å². The molecule has 2 aliphatic rings. The van der Waals surface area contributed by atoms with Crippen molar-refractivity contribution >= 4 is 29.5 Å². The number of carbonyl (C=O) groups is 5. The topological polar surface area (TPSA) is 149 Å². The van der Waals surface area contributed by atoms with Gasteiger partial charge in [-0.2, -0.15) is 0 Å². The summed E-state index contributed by atoms with van der Waals surface area (Å²) in [6, 6.07) is 4.07. The van der Waals surface area contributed by atoms with Crippen LogP contribution in [0.25, 0.3) is 0 Å². The number of benzene rings is 1. The maximum absolute atomic E-state index is 13.5. The largest absolute Gasteiger partial charge is 0.491 e. The fourth-order valence-electron chi connectivity index (χ4n) is 4.18. The molecule has 12 heteroatoms. The van der Waals surface area contributed by atoms with Crippen LogP contribution in [-0.4, -0.2) is 114 Å². The van der Waals surface area contributed by atoms with E-state index in [1.165, 1.54) is 23.8 Å². The molecule has 0 spiro atoms. The van der Waals surface area contributed by atoms with Gasteiger partial charge in [-0.3, -0.25) is 24.0 Å². The van der Waals surface area contributed by atoms with Crippen molar-refractivity contribution in [2.45, 2.75) is 31.8 Å². The SMILES string of the molecule is CC(=O)N1CCCN(C(=O)[C@@H]2CC(=O)N[C@@H](CO)C(=O)N(C)CCOc3ccccc3C(=O)N2)CC1. The number of fused-ring (bicyclic) bond motifs is 1. The van der Waals surface area contributed by atoms with E-state index in [4.69, 9.17) is 4.74 Å². The molecule has 12 nitrogen and oxygen atoms in total. The van der Waals surface area contributed by atoms with Gasteiger partial charge in [0.15, 0.2) is 0 Å². The van der Waals surface area contributed by atoms with Crippen LogP contribution in [0.1, 0.15) is 30.1 Å². The maximum atomic E-state index is 13.5. The Bertz CT molecular complexity index is 1000. The predicted molar refractivity (Wildman–Crippen MR) is 128 cm³/mol. The first kappa shape index (κ1) is 26.9. The second kappa shape index (κ2) is 12.3. The molecule has 36 heavy (non-hydrogen) atoms. The molecule has 2 atom stereocenters. The number of hydrogen-bond acceptors (Lipinski definition) is 7. The van der Waals surface area contributed by atoms with Crippen LogP contribution in [0.15, 0.2) is 24.3 Å². The molecule has 0 bridgehead atoms. The second-order valence-corrected chi connectivity index (χ2v) is 8.82. The number of amides is 5. The van der Waals surface area contributed by atoms with Crippen molar-refractivity contribution in [1.29, 1.82) is 0 Å². The summed E-state index contributed by atoms with van der Waals surface area (Å²) in [6.07, 6.45) is 0.121. The minimum Gasteiger partial charge on any atom is -0.491 e. The van der Waals surface area contributed by atoms with Crippen LogP contribution in [0.4, 0.5) is 0 Å². The monoisotopic (exact) mass is 503 g/mol. The number of carbonyl (C=O) groups excluding carboxylic acids is 5. The van der Waals surface area contributed by atoms with Crippen molar-refractivity contribution < 1.29 is 33.8 Å². The number of rotatable bonds is 2. The average Bonchev–Trinajstić information content (AvgIpc) is 3.12. The van der Waals surface area contributed by atoms with Crippen molar-refractivity contribution in [1.82, 2.24) is 25.3 Å². The Kier molecular flexibility index (Phi) is 9.23. The highest BCUT2D eigenvalue weighted by atomic mass is 16.5. The smallest absolute Gasteiger partial charge is 0.255 e. The van der Waals surface area contributed by atoms with E-state index in [1.807, 2.05) is 0 Å². The highest BCUT2D eigenvalue weighted by molar-refractivity contribution is 6.01. The first-order valence-electron chi connectivity index (χ1n) is 11.9. The molecular formula is C24H33N5O7. The number of aliphatic hydroxyl groups is 1. The minimum atomic E-state index is -1.23. The van der Waals surface area contributed by atoms with E-state index < -0.39 is 48.7 Å². The zero-order chi connectivity index (χ0) is 26.2. The molecule has 3 rings (SSSR count). The van der Waals surface area contributed by atoms with E-state index in [-0.39, 0.29) is 36.9 Å². The molecular weight excluding hydrogens is 470 g/mol. The maximum Gasteiger partial charge on any atom is 0.255 e. The number of ether oxygens (including phenoxy) is 1. The Hall–Kier alpha value is -3.67. The molecule has 1 aromatic carbocycles. The molecule has 196 valence electrons. The van der Waals surface area contributed by atoms with Crippen LogP contribution in [0.2, 0.25) is 0 Å². The third-order valence-corrected chi connectivity index (χ3v) is 6.25. The van der Waals surface area contributed by atoms with Gasteiger partial charge in [0, 0.05) is 40.2 Å². The van der Waals surface area contributed by atoms with Gasteiger partial charge in [-0.15, -0.1) is 0 Å². The lowest BCUT2D eigenvalue weighted by molar-refractivity contribution is -0.138. The zero-order valence-corrected chi connectivity index (χ0v) is 20.6. The summed E-state index contributed by atoms with van der Waals surface area (Å²) in [7, 11) is 1.51. The van der Waals surface area contributed by atoms with Crippen molar-refractivity contribution in [2.24, 2.45) is 0 Å². The van der Waals surface area contributed by atoms with Crippen LogP contribution in [-0.2, 0) is 19.2 Å². The van der Waals surface area contributed by atoms with E-state index in [9.17, 15) is 29.1 Å². The van der Waals surface area contributed by atoms with Crippen LogP contribution < -0.4 is 15.4 Å². The van der Waals surface area contributed by atoms with Crippen LogP contribution in [0.5, 0.6) is 5.75 Å². The van der Waals surface area contributed by atoms with Gasteiger partial charge in [-0.25, -0.2) is 0 Å². The summed E-state index contributed by atoms with van der Waals surface area (Å²) in [6.45, 7) is 2.54. The fraction of sp³-hybridized carbons (Fsp3) is 0.542. The van der Waals surface area contributed by atoms with E-state index in [0.29, 0.717) is 26.1 Å². The van der Waals surface area contributed by atoms with Gasteiger partial charge in [0.05, 0.1) is 25.1 Å². The number of para-hydroxylation sites is 1. The number of nitrogens with zero attached hydrogens (tertiary/aromatic N) is 3. The molecule has 0 saturated carbocycles. The molecule has 2 aliphatic heterocycles. The molecule has 0 aromatic heterocycles. The lowest BCUT2D eigenvalue weighted by Gasteiger charge is -2.28. The van der Waals surface area contributed by atoms with Gasteiger partial charge in [-0.1, -0.05) is 12.1 Å². The Morgan fingerprint density at radius 1 is 1.03 bits per heavy atom. The van der Waals surface area contributed by atoms with Gasteiger partial charge in [0.25, 0.3) is 5.91 Å². The van der Waals surface area contributed by atoms with Crippen molar-refractivity contribution in [3.63, 3.8) is 0 Å². The molecule has 0 radical (unpaired) electrons. The Morgan fingerprint density at radius 2 is 1.72 bits per heavy atom. The quantitative estimate of drug-likeness (QED) is 0.449. The van der Waals surface area contributed by atoms with Crippen molar-refractivity contribution in [2.75, 3.05) is 53.0 Å². The van der Waals surface area contributed by atoms with Crippen molar-refractivity contribution in [3.05, 3.63) is 29.8 Å². The minimum absolute atomic E-state index is 0.0708. The van der Waals surface area contributed by atoms with Crippen molar-refractivity contribution in [3.8, 4) is 5.75 Å². The van der Waals surface area contributed by atoms with Gasteiger partial charge in [0.2, 0.25) is 23.6 Å². The fourth-order valence-corrected chi connectivity index (χ4v) is 4.18. The Labute approximate surface area is 209 Å². The second-order valence-electron chi connectivity index (χ2n) is 8.82. The normalized spacial score (nSPS) is 22.4.